The highest BCUT2D eigenvalue weighted by Crippen LogP contribution is 2.36. The number of hydrogen-bond acceptors (Lipinski definition) is 5. The summed E-state index contributed by atoms with van der Waals surface area (Å²) in [6.07, 6.45) is -5.99. The van der Waals surface area contributed by atoms with Gasteiger partial charge in [-0.25, -0.2) is 0 Å². The number of nitriles is 1. The monoisotopic (exact) mass is 371 g/mol. The number of aliphatic hydroxyl groups excluding tert-OH is 1. The smallest absolute Gasteiger partial charge is 0.417 e. The summed E-state index contributed by atoms with van der Waals surface area (Å²) in [6, 6.07) is 9.62. The number of nitrogens with one attached hydrogen (secondary N) is 2. The Morgan fingerprint density at radius 3 is 2.32 bits per heavy atom. The van der Waals surface area contributed by atoms with Crippen LogP contribution in [0.25, 0.3) is 0 Å². The Hall–Kier alpha value is -2.63. The number of alkyl halides is 3. The van der Waals surface area contributed by atoms with Crippen molar-refractivity contribution in [2.24, 2.45) is 0 Å². The summed E-state index contributed by atoms with van der Waals surface area (Å²) in [5.41, 5.74) is -0.271. The molecular formula is C16H13ClF3N3O2. The van der Waals surface area contributed by atoms with E-state index < -0.39 is 23.1 Å². The molecule has 0 heterocycles. The molecule has 132 valence electrons. The van der Waals surface area contributed by atoms with Gasteiger partial charge in [-0.2, -0.15) is 18.4 Å². The first kappa shape index (κ1) is 18.7. The minimum atomic E-state index is -4.60. The van der Waals surface area contributed by atoms with Crippen LogP contribution in [0.3, 0.4) is 0 Å². The predicted molar refractivity (Wildman–Crippen MR) is 87.4 cm³/mol. The molecule has 9 heteroatoms. The van der Waals surface area contributed by atoms with Crippen molar-refractivity contribution in [1.82, 2.24) is 0 Å². The molecule has 0 saturated heterocycles. The molecule has 0 amide bonds. The van der Waals surface area contributed by atoms with Crippen LogP contribution in [0.1, 0.15) is 11.1 Å². The molecular weight excluding hydrogens is 359 g/mol. The van der Waals surface area contributed by atoms with Gasteiger partial charge in [0.05, 0.1) is 23.3 Å². The molecule has 2 aromatic rings. The maximum atomic E-state index is 12.8. The molecule has 3 N–H and O–H groups in total. The quantitative estimate of drug-likeness (QED) is 0.691. The standard InChI is InChI=1S/C16H13ClF3N3O2/c1-25-14-7-11(3-2-9(14)8-21)23-15(24)22-10-4-5-13(17)12(6-10)16(18,19)20/h2-7,15,22-24H,1H3. The maximum absolute atomic E-state index is 12.8. The van der Waals surface area contributed by atoms with Crippen LogP contribution in [0.15, 0.2) is 36.4 Å². The van der Waals surface area contributed by atoms with Gasteiger partial charge >= 0.3 is 6.18 Å². The fourth-order valence-corrected chi connectivity index (χ4v) is 2.28. The van der Waals surface area contributed by atoms with Crippen LogP contribution in [0.5, 0.6) is 5.75 Å². The van der Waals surface area contributed by atoms with Crippen LogP contribution in [0.4, 0.5) is 24.5 Å². The molecule has 0 bridgehead atoms. The summed E-state index contributed by atoms with van der Waals surface area (Å²) in [7, 11) is 1.39. The Morgan fingerprint density at radius 2 is 1.76 bits per heavy atom. The van der Waals surface area contributed by atoms with Gasteiger partial charge < -0.3 is 20.5 Å². The second kappa shape index (κ2) is 7.51. The number of halogens is 4. The van der Waals surface area contributed by atoms with E-state index in [2.05, 4.69) is 10.6 Å². The SMILES string of the molecule is COc1cc(NC(O)Nc2ccc(Cl)c(C(F)(F)F)c2)ccc1C#N. The zero-order valence-corrected chi connectivity index (χ0v) is 13.6. The molecule has 0 aromatic heterocycles. The lowest BCUT2D eigenvalue weighted by molar-refractivity contribution is -0.137. The molecule has 25 heavy (non-hydrogen) atoms. The molecule has 0 saturated carbocycles. The summed E-state index contributed by atoms with van der Waals surface area (Å²) < 4.78 is 43.6. The van der Waals surface area contributed by atoms with Crippen LogP contribution < -0.4 is 15.4 Å². The Bertz CT molecular complexity index is 806. The third-order valence-electron chi connectivity index (χ3n) is 3.20. The first-order valence-electron chi connectivity index (χ1n) is 6.90. The van der Waals surface area contributed by atoms with E-state index in [0.717, 1.165) is 12.1 Å². The van der Waals surface area contributed by atoms with Gasteiger partial charge in [0, 0.05) is 17.4 Å². The van der Waals surface area contributed by atoms with E-state index in [1.807, 2.05) is 6.07 Å². The van der Waals surface area contributed by atoms with Crippen molar-refractivity contribution >= 4 is 23.0 Å². The summed E-state index contributed by atoms with van der Waals surface area (Å²) in [5.74, 6) is 0.297. The minimum absolute atomic E-state index is 0.0253. The van der Waals surface area contributed by atoms with Gasteiger partial charge in [0.2, 0.25) is 6.35 Å². The number of benzene rings is 2. The minimum Gasteiger partial charge on any atom is -0.495 e. The molecule has 5 nitrogen and oxygen atoms in total. The molecule has 1 atom stereocenters. The highest BCUT2D eigenvalue weighted by Gasteiger charge is 2.33. The van der Waals surface area contributed by atoms with E-state index in [1.165, 1.54) is 31.4 Å². The number of ether oxygens (including phenoxy) is 1. The fraction of sp³-hybridized carbons (Fsp3) is 0.188. The average molecular weight is 372 g/mol. The number of hydrogen-bond donors (Lipinski definition) is 3. The topological polar surface area (TPSA) is 77.3 Å². The molecule has 0 spiro atoms. The van der Waals surface area contributed by atoms with E-state index >= 15 is 0 Å². The van der Waals surface area contributed by atoms with Crippen molar-refractivity contribution in [2.45, 2.75) is 12.5 Å². The molecule has 1 unspecified atom stereocenters. The third kappa shape index (κ3) is 4.68. The molecule has 2 aromatic carbocycles. The molecule has 0 aliphatic carbocycles. The molecule has 0 radical (unpaired) electrons. The second-order valence-electron chi connectivity index (χ2n) is 4.91. The zero-order chi connectivity index (χ0) is 18.6. The largest absolute Gasteiger partial charge is 0.495 e. The van der Waals surface area contributed by atoms with Gasteiger partial charge in [-0.1, -0.05) is 11.6 Å². The van der Waals surface area contributed by atoms with Crippen molar-refractivity contribution in [2.75, 3.05) is 17.7 Å². The van der Waals surface area contributed by atoms with E-state index in [9.17, 15) is 18.3 Å². The van der Waals surface area contributed by atoms with Gasteiger partial charge in [0.15, 0.2) is 0 Å². The lowest BCUT2D eigenvalue weighted by atomic mass is 10.2. The van der Waals surface area contributed by atoms with E-state index in [1.54, 1.807) is 0 Å². The Morgan fingerprint density at radius 1 is 1.16 bits per heavy atom. The van der Waals surface area contributed by atoms with Crippen molar-refractivity contribution in [3.63, 3.8) is 0 Å². The Balaban J connectivity index is 2.13. The summed E-state index contributed by atoms with van der Waals surface area (Å²) in [6.45, 7) is 0. The first-order valence-corrected chi connectivity index (χ1v) is 7.28. The Kier molecular flexibility index (Phi) is 5.62. The molecule has 0 aliphatic rings. The van der Waals surface area contributed by atoms with E-state index in [4.69, 9.17) is 21.6 Å². The van der Waals surface area contributed by atoms with Crippen molar-refractivity contribution in [3.05, 3.63) is 52.5 Å². The van der Waals surface area contributed by atoms with Crippen molar-refractivity contribution < 1.29 is 23.0 Å². The van der Waals surface area contributed by atoms with Gasteiger partial charge in [0.1, 0.15) is 11.8 Å². The highest BCUT2D eigenvalue weighted by molar-refractivity contribution is 6.31. The number of anilines is 2. The van der Waals surface area contributed by atoms with Gasteiger partial charge in [-0.15, -0.1) is 0 Å². The van der Waals surface area contributed by atoms with Gasteiger partial charge in [-0.05, 0) is 30.3 Å². The molecule has 0 fully saturated rings. The maximum Gasteiger partial charge on any atom is 0.417 e. The summed E-state index contributed by atoms with van der Waals surface area (Å²) in [5, 5.41) is 23.6. The number of methoxy groups -OCH3 is 1. The van der Waals surface area contributed by atoms with Crippen LogP contribution in [0, 0.1) is 11.3 Å². The normalized spacial score (nSPS) is 12.2. The third-order valence-corrected chi connectivity index (χ3v) is 3.53. The lowest BCUT2D eigenvalue weighted by Crippen LogP contribution is -2.28. The summed E-state index contributed by atoms with van der Waals surface area (Å²) >= 11 is 5.54. The second-order valence-corrected chi connectivity index (χ2v) is 5.32. The van der Waals surface area contributed by atoms with Crippen LogP contribution in [-0.4, -0.2) is 18.6 Å². The highest BCUT2D eigenvalue weighted by atomic mass is 35.5. The number of aliphatic hydroxyl groups is 1. The van der Waals surface area contributed by atoms with Gasteiger partial charge in [-0.3, -0.25) is 0 Å². The lowest BCUT2D eigenvalue weighted by Gasteiger charge is -2.19. The van der Waals surface area contributed by atoms with Gasteiger partial charge in [0.25, 0.3) is 0 Å². The van der Waals surface area contributed by atoms with Crippen LogP contribution >= 0.6 is 11.6 Å². The fourth-order valence-electron chi connectivity index (χ4n) is 2.06. The van der Waals surface area contributed by atoms with E-state index in [-0.39, 0.29) is 5.69 Å². The van der Waals surface area contributed by atoms with Crippen molar-refractivity contribution in [1.29, 1.82) is 5.26 Å². The predicted octanol–water partition coefficient (Wildman–Crippen LogP) is 4.04. The zero-order valence-electron chi connectivity index (χ0n) is 12.9. The molecule has 2 rings (SSSR count). The van der Waals surface area contributed by atoms with Crippen LogP contribution in [0.2, 0.25) is 5.02 Å². The number of rotatable bonds is 5. The van der Waals surface area contributed by atoms with E-state index in [0.29, 0.717) is 17.0 Å². The number of nitrogens with zero attached hydrogens (tertiary/aromatic N) is 1. The molecule has 0 aliphatic heterocycles. The first-order chi connectivity index (χ1) is 11.7. The summed E-state index contributed by atoms with van der Waals surface area (Å²) in [4.78, 5) is 0. The van der Waals surface area contributed by atoms with Crippen molar-refractivity contribution in [3.8, 4) is 11.8 Å². The average Bonchev–Trinajstić information content (AvgIpc) is 2.55. The Labute approximate surface area is 146 Å². The van der Waals surface area contributed by atoms with Crippen LogP contribution in [-0.2, 0) is 6.18 Å².